The molecule has 1 heterocycles. The minimum atomic E-state index is -0.781. The highest BCUT2D eigenvalue weighted by molar-refractivity contribution is 5.67. The lowest BCUT2D eigenvalue weighted by atomic mass is 9.69. The van der Waals surface area contributed by atoms with Crippen molar-refractivity contribution >= 4 is 5.97 Å². The second-order valence-electron chi connectivity index (χ2n) is 4.43. The van der Waals surface area contributed by atoms with Crippen LogP contribution in [0.15, 0.2) is 0 Å². The van der Waals surface area contributed by atoms with Crippen molar-refractivity contribution in [2.45, 2.75) is 32.7 Å². The predicted octanol–water partition coefficient (Wildman–Crippen LogP) is 0.851. The lowest BCUT2D eigenvalue weighted by Gasteiger charge is -2.37. The van der Waals surface area contributed by atoms with Crippen LogP contribution in [-0.2, 0) is 9.53 Å². The van der Waals surface area contributed by atoms with E-state index in [-0.39, 0.29) is 23.8 Å². The standard InChI is InChI=1S/C10H19NO3/c1-7(11)10(2,5-9(12)13)8-3-4-14-6-8/h7-8H,3-6,11H2,1-2H3,(H,12,13). The first-order valence-corrected chi connectivity index (χ1v) is 5.02. The fraction of sp³-hybridized carbons (Fsp3) is 0.900. The normalized spacial score (nSPS) is 28.4. The summed E-state index contributed by atoms with van der Waals surface area (Å²) in [4.78, 5) is 10.8. The maximum Gasteiger partial charge on any atom is 0.303 e. The van der Waals surface area contributed by atoms with Gasteiger partial charge in [0.05, 0.1) is 13.0 Å². The SMILES string of the molecule is CC(N)C(C)(CC(=O)O)C1CCOC1. The average Bonchev–Trinajstić information content (AvgIpc) is 2.53. The molecule has 1 aliphatic rings. The van der Waals surface area contributed by atoms with Gasteiger partial charge in [-0.05, 0) is 24.7 Å². The minimum absolute atomic E-state index is 0.120. The van der Waals surface area contributed by atoms with Crippen molar-refractivity contribution in [3.05, 3.63) is 0 Å². The van der Waals surface area contributed by atoms with Gasteiger partial charge in [-0.15, -0.1) is 0 Å². The third kappa shape index (κ3) is 2.25. The Morgan fingerprint density at radius 1 is 1.79 bits per heavy atom. The predicted molar refractivity (Wildman–Crippen MR) is 52.9 cm³/mol. The number of carboxylic acids is 1. The summed E-state index contributed by atoms with van der Waals surface area (Å²) in [6.45, 7) is 5.20. The molecule has 0 saturated carbocycles. The third-order valence-electron chi connectivity index (χ3n) is 3.43. The largest absolute Gasteiger partial charge is 0.481 e. The monoisotopic (exact) mass is 201 g/mol. The summed E-state index contributed by atoms with van der Waals surface area (Å²) in [5, 5.41) is 8.86. The first kappa shape index (κ1) is 11.5. The van der Waals surface area contributed by atoms with Gasteiger partial charge in [-0.3, -0.25) is 4.79 Å². The van der Waals surface area contributed by atoms with Crippen molar-refractivity contribution in [1.29, 1.82) is 0 Å². The van der Waals surface area contributed by atoms with Crippen LogP contribution in [0.5, 0.6) is 0 Å². The van der Waals surface area contributed by atoms with Crippen molar-refractivity contribution in [3.63, 3.8) is 0 Å². The Bertz CT molecular complexity index is 211. The Balaban J connectivity index is 2.74. The Hall–Kier alpha value is -0.610. The molecule has 0 aromatic rings. The summed E-state index contributed by atoms with van der Waals surface area (Å²) >= 11 is 0. The molecule has 0 bridgehead atoms. The molecule has 1 fully saturated rings. The molecule has 0 aromatic carbocycles. The van der Waals surface area contributed by atoms with E-state index in [4.69, 9.17) is 15.6 Å². The number of hydrogen-bond acceptors (Lipinski definition) is 3. The van der Waals surface area contributed by atoms with Gasteiger partial charge >= 0.3 is 5.97 Å². The van der Waals surface area contributed by atoms with Gasteiger partial charge in [-0.1, -0.05) is 6.92 Å². The van der Waals surface area contributed by atoms with E-state index < -0.39 is 5.97 Å². The Labute approximate surface area is 84.4 Å². The summed E-state index contributed by atoms with van der Waals surface area (Å²) in [7, 11) is 0. The maximum absolute atomic E-state index is 10.8. The van der Waals surface area contributed by atoms with E-state index in [1.165, 1.54) is 0 Å². The topological polar surface area (TPSA) is 72.6 Å². The van der Waals surface area contributed by atoms with E-state index in [9.17, 15) is 4.79 Å². The Morgan fingerprint density at radius 2 is 2.43 bits per heavy atom. The van der Waals surface area contributed by atoms with E-state index in [0.717, 1.165) is 13.0 Å². The van der Waals surface area contributed by atoms with E-state index in [2.05, 4.69) is 0 Å². The van der Waals surface area contributed by atoms with Crippen molar-refractivity contribution in [3.8, 4) is 0 Å². The van der Waals surface area contributed by atoms with Crippen LogP contribution >= 0.6 is 0 Å². The van der Waals surface area contributed by atoms with Gasteiger partial charge in [-0.2, -0.15) is 0 Å². The summed E-state index contributed by atoms with van der Waals surface area (Å²) < 4.78 is 5.29. The highest BCUT2D eigenvalue weighted by Gasteiger charge is 2.41. The summed E-state index contributed by atoms with van der Waals surface area (Å²) in [5.74, 6) is -0.504. The molecule has 0 aromatic heterocycles. The molecule has 82 valence electrons. The first-order chi connectivity index (χ1) is 6.47. The molecule has 3 atom stereocenters. The molecule has 14 heavy (non-hydrogen) atoms. The van der Waals surface area contributed by atoms with E-state index in [0.29, 0.717) is 6.61 Å². The maximum atomic E-state index is 10.8. The fourth-order valence-electron chi connectivity index (χ4n) is 2.06. The summed E-state index contributed by atoms with van der Waals surface area (Å²) in [5.41, 5.74) is 5.54. The van der Waals surface area contributed by atoms with Gasteiger partial charge in [0.25, 0.3) is 0 Å². The molecule has 3 N–H and O–H groups in total. The third-order valence-corrected chi connectivity index (χ3v) is 3.43. The van der Waals surface area contributed by atoms with Crippen LogP contribution in [0.2, 0.25) is 0 Å². The minimum Gasteiger partial charge on any atom is -0.481 e. The van der Waals surface area contributed by atoms with Crippen LogP contribution < -0.4 is 5.73 Å². The van der Waals surface area contributed by atoms with E-state index in [1.54, 1.807) is 0 Å². The molecule has 1 aliphatic heterocycles. The zero-order chi connectivity index (χ0) is 10.8. The molecule has 1 rings (SSSR count). The lowest BCUT2D eigenvalue weighted by Crippen LogP contribution is -2.44. The van der Waals surface area contributed by atoms with Crippen molar-refractivity contribution in [1.82, 2.24) is 0 Å². The number of nitrogens with two attached hydrogens (primary N) is 1. The highest BCUT2D eigenvalue weighted by atomic mass is 16.5. The second-order valence-corrected chi connectivity index (χ2v) is 4.43. The molecule has 4 heteroatoms. The second kappa shape index (κ2) is 4.28. The molecule has 0 radical (unpaired) electrons. The van der Waals surface area contributed by atoms with Gasteiger partial charge in [-0.25, -0.2) is 0 Å². The average molecular weight is 201 g/mol. The van der Waals surface area contributed by atoms with Crippen LogP contribution in [0.4, 0.5) is 0 Å². The lowest BCUT2D eigenvalue weighted by molar-refractivity contribution is -0.140. The number of carbonyl (C=O) groups is 1. The highest BCUT2D eigenvalue weighted by Crippen LogP contribution is 2.38. The summed E-state index contributed by atoms with van der Waals surface area (Å²) in [6.07, 6.45) is 1.05. The molecule has 0 spiro atoms. The fourth-order valence-corrected chi connectivity index (χ4v) is 2.06. The van der Waals surface area contributed by atoms with Crippen LogP contribution in [0.25, 0.3) is 0 Å². The Morgan fingerprint density at radius 3 is 2.79 bits per heavy atom. The van der Waals surface area contributed by atoms with Crippen molar-refractivity contribution in [2.24, 2.45) is 17.1 Å². The van der Waals surface area contributed by atoms with Crippen LogP contribution in [0.1, 0.15) is 26.7 Å². The molecule has 0 aliphatic carbocycles. The van der Waals surface area contributed by atoms with Crippen LogP contribution in [0.3, 0.4) is 0 Å². The smallest absolute Gasteiger partial charge is 0.303 e. The molecular formula is C10H19NO3. The number of aliphatic carboxylic acids is 1. The van der Waals surface area contributed by atoms with Gasteiger partial charge in [0.1, 0.15) is 0 Å². The van der Waals surface area contributed by atoms with Gasteiger partial charge < -0.3 is 15.6 Å². The number of carboxylic acid groups (broad SMARTS) is 1. The zero-order valence-electron chi connectivity index (χ0n) is 8.82. The zero-order valence-corrected chi connectivity index (χ0v) is 8.82. The molecular weight excluding hydrogens is 182 g/mol. The molecule has 3 unspecified atom stereocenters. The van der Waals surface area contributed by atoms with Gasteiger partial charge in [0, 0.05) is 12.6 Å². The van der Waals surface area contributed by atoms with Gasteiger partial charge in [0.2, 0.25) is 0 Å². The van der Waals surface area contributed by atoms with Crippen LogP contribution in [-0.4, -0.2) is 30.3 Å². The number of rotatable bonds is 4. The van der Waals surface area contributed by atoms with Crippen molar-refractivity contribution in [2.75, 3.05) is 13.2 Å². The molecule has 1 saturated heterocycles. The van der Waals surface area contributed by atoms with E-state index >= 15 is 0 Å². The number of ether oxygens (including phenoxy) is 1. The quantitative estimate of drug-likeness (QED) is 0.707. The Kier molecular flexibility index (Phi) is 3.50. The summed E-state index contributed by atoms with van der Waals surface area (Å²) in [6, 6.07) is -0.120. The van der Waals surface area contributed by atoms with Crippen molar-refractivity contribution < 1.29 is 14.6 Å². The van der Waals surface area contributed by atoms with E-state index in [1.807, 2.05) is 13.8 Å². The molecule has 0 amide bonds. The van der Waals surface area contributed by atoms with Crippen LogP contribution in [0, 0.1) is 11.3 Å². The first-order valence-electron chi connectivity index (χ1n) is 5.02. The van der Waals surface area contributed by atoms with Gasteiger partial charge in [0.15, 0.2) is 0 Å². The molecule has 4 nitrogen and oxygen atoms in total. The number of hydrogen-bond donors (Lipinski definition) is 2.